The Morgan fingerprint density at radius 3 is 1.96 bits per heavy atom. The summed E-state index contributed by atoms with van der Waals surface area (Å²) in [6.45, 7) is 0.150. The maximum absolute atomic E-state index is 12.9. The minimum Gasteiger partial charge on any atom is -0.497 e. The van der Waals surface area contributed by atoms with Crippen molar-refractivity contribution in [1.29, 1.82) is 0 Å². The van der Waals surface area contributed by atoms with Crippen LogP contribution in [0.25, 0.3) is 0 Å². The SMILES string of the molecule is COc1ccc(C(OC[C@H]2O[C@@H](n3ccc(N)nc3=O)[C@H](NOCc3ccccc3)[C@@H]2O)(c2ccccc2)c2ccc(OC)cc2)cc1. The minimum atomic E-state index is -1.16. The van der Waals surface area contributed by atoms with Crippen LogP contribution in [0.5, 0.6) is 11.5 Å². The smallest absolute Gasteiger partial charge is 0.351 e. The number of benzene rings is 4. The Hall–Kier alpha value is -5.04. The summed E-state index contributed by atoms with van der Waals surface area (Å²) in [6.07, 6.45) is -1.55. The first kappa shape index (κ1) is 32.9. The maximum Gasteiger partial charge on any atom is 0.351 e. The number of nitrogens with zero attached hydrogens (tertiary/aromatic N) is 2. The number of aliphatic hydroxyl groups is 1. The van der Waals surface area contributed by atoms with Gasteiger partial charge in [-0.2, -0.15) is 10.5 Å². The first-order valence-corrected chi connectivity index (χ1v) is 15.5. The number of hydroxylamine groups is 1. The lowest BCUT2D eigenvalue weighted by molar-refractivity contribution is -0.0958. The fraction of sp³-hybridized carbons (Fsp3) is 0.243. The third-order valence-electron chi connectivity index (χ3n) is 8.43. The number of aliphatic hydroxyl groups excluding tert-OH is 1. The van der Waals surface area contributed by atoms with E-state index >= 15 is 0 Å². The van der Waals surface area contributed by atoms with Crippen LogP contribution < -0.4 is 26.4 Å². The molecule has 6 rings (SSSR count). The highest BCUT2D eigenvalue weighted by atomic mass is 16.7. The van der Waals surface area contributed by atoms with Crippen LogP contribution in [0.15, 0.2) is 126 Å². The van der Waals surface area contributed by atoms with Gasteiger partial charge in [-0.15, -0.1) is 0 Å². The van der Waals surface area contributed by atoms with Gasteiger partial charge in [0.2, 0.25) is 0 Å². The molecule has 1 fully saturated rings. The summed E-state index contributed by atoms with van der Waals surface area (Å²) in [5.74, 6) is 1.46. The van der Waals surface area contributed by atoms with Crippen molar-refractivity contribution in [3.8, 4) is 11.5 Å². The molecule has 0 bridgehead atoms. The van der Waals surface area contributed by atoms with Crippen molar-refractivity contribution in [2.45, 2.75) is 36.7 Å². The summed E-state index contributed by atoms with van der Waals surface area (Å²) in [6, 6.07) is 35.3. The van der Waals surface area contributed by atoms with Crippen LogP contribution in [-0.4, -0.2) is 53.7 Å². The normalized spacial score (nSPS) is 19.2. The average molecular weight is 651 g/mol. The maximum atomic E-state index is 12.9. The van der Waals surface area contributed by atoms with Crippen LogP contribution in [-0.2, 0) is 26.5 Å². The largest absolute Gasteiger partial charge is 0.497 e. The molecule has 0 spiro atoms. The van der Waals surface area contributed by atoms with Crippen LogP contribution in [0.4, 0.5) is 5.82 Å². The van der Waals surface area contributed by atoms with Gasteiger partial charge in [0.05, 0.1) is 27.4 Å². The van der Waals surface area contributed by atoms with Gasteiger partial charge in [0.15, 0.2) is 6.23 Å². The quantitative estimate of drug-likeness (QED) is 0.126. The van der Waals surface area contributed by atoms with Gasteiger partial charge in [0.25, 0.3) is 0 Å². The van der Waals surface area contributed by atoms with E-state index in [0.29, 0.717) is 11.5 Å². The fourth-order valence-electron chi connectivity index (χ4n) is 5.94. The van der Waals surface area contributed by atoms with Crippen molar-refractivity contribution in [2.75, 3.05) is 26.6 Å². The van der Waals surface area contributed by atoms with Gasteiger partial charge < -0.3 is 29.8 Å². The zero-order chi connectivity index (χ0) is 33.5. The van der Waals surface area contributed by atoms with Crippen LogP contribution in [0.1, 0.15) is 28.5 Å². The number of nitrogens with one attached hydrogen (secondary N) is 1. The van der Waals surface area contributed by atoms with E-state index in [1.54, 1.807) is 14.2 Å². The zero-order valence-corrected chi connectivity index (χ0v) is 26.6. The van der Waals surface area contributed by atoms with E-state index in [1.165, 1.54) is 16.8 Å². The van der Waals surface area contributed by atoms with Gasteiger partial charge in [-0.05, 0) is 52.6 Å². The lowest BCUT2D eigenvalue weighted by Crippen LogP contribution is -2.46. The number of nitrogen functional groups attached to an aromatic ring is 1. The Kier molecular flexibility index (Phi) is 10.1. The van der Waals surface area contributed by atoms with Crippen molar-refractivity contribution in [2.24, 2.45) is 0 Å². The molecule has 0 aliphatic carbocycles. The minimum absolute atomic E-state index is 0.0708. The molecule has 48 heavy (non-hydrogen) atoms. The topological polar surface area (TPSA) is 139 Å². The van der Waals surface area contributed by atoms with E-state index in [2.05, 4.69) is 10.5 Å². The lowest BCUT2D eigenvalue weighted by Gasteiger charge is -2.37. The van der Waals surface area contributed by atoms with Crippen molar-refractivity contribution < 1.29 is 28.9 Å². The first-order chi connectivity index (χ1) is 23.4. The molecule has 1 saturated heterocycles. The second-order valence-corrected chi connectivity index (χ2v) is 11.3. The molecule has 2 heterocycles. The van der Waals surface area contributed by atoms with Crippen molar-refractivity contribution in [3.63, 3.8) is 0 Å². The van der Waals surface area contributed by atoms with Gasteiger partial charge in [-0.3, -0.25) is 9.40 Å². The van der Waals surface area contributed by atoms with Crippen LogP contribution in [0, 0.1) is 0 Å². The Balaban J connectivity index is 1.36. The molecule has 4 aromatic carbocycles. The summed E-state index contributed by atoms with van der Waals surface area (Å²) in [7, 11) is 3.23. The van der Waals surface area contributed by atoms with Crippen LogP contribution >= 0.6 is 0 Å². The number of ether oxygens (including phenoxy) is 4. The number of aromatic nitrogens is 2. The average Bonchev–Trinajstić information content (AvgIpc) is 3.44. The Labute approximate surface area is 278 Å². The lowest BCUT2D eigenvalue weighted by atomic mass is 9.80. The monoisotopic (exact) mass is 650 g/mol. The molecule has 1 aliphatic heterocycles. The summed E-state index contributed by atoms with van der Waals surface area (Å²) in [4.78, 5) is 22.6. The van der Waals surface area contributed by atoms with Crippen LogP contribution in [0.2, 0.25) is 0 Å². The molecule has 0 unspecified atom stereocenters. The van der Waals surface area contributed by atoms with Crippen molar-refractivity contribution in [3.05, 3.63) is 154 Å². The third-order valence-corrected chi connectivity index (χ3v) is 8.43. The van der Waals surface area contributed by atoms with Crippen molar-refractivity contribution in [1.82, 2.24) is 15.0 Å². The number of nitrogens with two attached hydrogens (primary N) is 1. The number of hydrogen-bond acceptors (Lipinski definition) is 10. The molecule has 4 atom stereocenters. The summed E-state index contributed by atoms with van der Waals surface area (Å²) >= 11 is 0. The summed E-state index contributed by atoms with van der Waals surface area (Å²) in [5.41, 5.74) is 10.4. The van der Waals surface area contributed by atoms with E-state index < -0.39 is 35.8 Å². The summed E-state index contributed by atoms with van der Waals surface area (Å²) in [5, 5.41) is 11.7. The zero-order valence-electron chi connectivity index (χ0n) is 26.6. The van der Waals surface area contributed by atoms with E-state index in [1.807, 2.05) is 109 Å². The van der Waals surface area contributed by atoms with Gasteiger partial charge in [-0.25, -0.2) is 4.79 Å². The molecular weight excluding hydrogens is 612 g/mol. The molecule has 0 radical (unpaired) electrons. The Bertz CT molecular complexity index is 1770. The standard InChI is InChI=1S/C37H38N4O7/c1-44-29-17-13-27(14-18-29)37(26-11-7-4-8-12-26,28-15-19-30(45-2)20-16-28)46-24-31-34(42)33(40-47-23-25-9-5-3-6-10-25)35(48-31)41-22-21-32(38)39-36(41)43/h3-22,31,33-35,40,42H,23-24H2,1-2H3,(H2,38,39,43)/t31-,33-,34-,35-/m1/s1. The predicted molar refractivity (Wildman–Crippen MR) is 179 cm³/mol. The number of hydrogen-bond donors (Lipinski definition) is 3. The highest BCUT2D eigenvalue weighted by Gasteiger charge is 2.47. The van der Waals surface area contributed by atoms with Gasteiger partial charge in [0.1, 0.15) is 41.2 Å². The first-order valence-electron chi connectivity index (χ1n) is 15.5. The fourth-order valence-corrected chi connectivity index (χ4v) is 5.94. The predicted octanol–water partition coefficient (Wildman–Crippen LogP) is 4.20. The number of methoxy groups -OCH3 is 2. The van der Waals surface area contributed by atoms with E-state index in [0.717, 1.165) is 22.3 Å². The van der Waals surface area contributed by atoms with Gasteiger partial charge >= 0.3 is 5.69 Å². The number of rotatable bonds is 13. The van der Waals surface area contributed by atoms with Gasteiger partial charge in [-0.1, -0.05) is 84.9 Å². The molecular formula is C37H38N4O7. The molecule has 11 heteroatoms. The molecule has 5 aromatic rings. The highest BCUT2D eigenvalue weighted by Crippen LogP contribution is 2.42. The van der Waals surface area contributed by atoms with Gasteiger partial charge in [0, 0.05) is 6.20 Å². The number of anilines is 1. The molecule has 1 aromatic heterocycles. The Morgan fingerprint density at radius 2 is 1.40 bits per heavy atom. The van der Waals surface area contributed by atoms with Crippen molar-refractivity contribution >= 4 is 5.82 Å². The van der Waals surface area contributed by atoms with E-state index in [9.17, 15) is 9.90 Å². The summed E-state index contributed by atoms with van der Waals surface area (Å²) < 4.78 is 25.6. The molecule has 0 saturated carbocycles. The second kappa shape index (κ2) is 14.8. The van der Waals surface area contributed by atoms with E-state index in [-0.39, 0.29) is 19.0 Å². The molecule has 248 valence electrons. The molecule has 11 nitrogen and oxygen atoms in total. The molecule has 4 N–H and O–H groups in total. The molecule has 1 aliphatic rings. The molecule has 0 amide bonds. The van der Waals surface area contributed by atoms with Crippen LogP contribution in [0.3, 0.4) is 0 Å². The Morgan fingerprint density at radius 1 is 0.833 bits per heavy atom. The third kappa shape index (κ3) is 6.82. The second-order valence-electron chi connectivity index (χ2n) is 11.3. The highest BCUT2D eigenvalue weighted by molar-refractivity contribution is 5.49. The van der Waals surface area contributed by atoms with E-state index in [4.69, 9.17) is 29.5 Å².